The van der Waals surface area contributed by atoms with Gasteiger partial charge in [-0.25, -0.2) is 0 Å². The first-order valence-corrected chi connectivity index (χ1v) is 7.00. The zero-order chi connectivity index (χ0) is 14.4. The van der Waals surface area contributed by atoms with Crippen LogP contribution < -0.4 is 5.32 Å². The van der Waals surface area contributed by atoms with Gasteiger partial charge >= 0.3 is 0 Å². The highest BCUT2D eigenvalue weighted by Gasteiger charge is 2.08. The molecule has 0 aliphatic rings. The maximum Gasteiger partial charge on any atom is 0.220 e. The molecule has 1 amide bonds. The Kier molecular flexibility index (Phi) is 4.88. The van der Waals surface area contributed by atoms with Crippen LogP contribution in [-0.2, 0) is 4.79 Å². The molecule has 3 nitrogen and oxygen atoms in total. The molecule has 3 heteroatoms. The predicted molar refractivity (Wildman–Crippen MR) is 81.1 cm³/mol. The van der Waals surface area contributed by atoms with Crippen molar-refractivity contribution in [3.8, 4) is 11.1 Å². The molecule has 1 aromatic heterocycles. The molecule has 1 atom stereocenters. The van der Waals surface area contributed by atoms with Crippen LogP contribution in [0.3, 0.4) is 0 Å². The largest absolute Gasteiger partial charge is 0.350 e. The molecule has 0 saturated heterocycles. The van der Waals surface area contributed by atoms with Gasteiger partial charge in [-0.3, -0.25) is 9.78 Å². The Morgan fingerprint density at radius 1 is 1.20 bits per heavy atom. The molecule has 1 N–H and O–H groups in total. The van der Waals surface area contributed by atoms with Crippen LogP contribution in [0.25, 0.3) is 11.1 Å². The van der Waals surface area contributed by atoms with Gasteiger partial charge in [0.15, 0.2) is 0 Å². The lowest BCUT2D eigenvalue weighted by molar-refractivity contribution is -0.121. The molecule has 104 valence electrons. The van der Waals surface area contributed by atoms with E-state index >= 15 is 0 Å². The summed E-state index contributed by atoms with van der Waals surface area (Å²) in [6.07, 6.45) is 5.07. The first kappa shape index (κ1) is 14.3. The van der Waals surface area contributed by atoms with Crippen LogP contribution in [0.15, 0.2) is 48.8 Å². The second-order valence-corrected chi connectivity index (χ2v) is 4.90. The van der Waals surface area contributed by atoms with Gasteiger partial charge in [-0.05, 0) is 36.1 Å². The zero-order valence-electron chi connectivity index (χ0n) is 12.0. The first-order valence-electron chi connectivity index (χ1n) is 7.00. The Morgan fingerprint density at radius 2 is 1.95 bits per heavy atom. The monoisotopic (exact) mass is 268 g/mol. The lowest BCUT2D eigenvalue weighted by atomic mass is 10.0. The van der Waals surface area contributed by atoms with Gasteiger partial charge in [0.2, 0.25) is 5.91 Å². The van der Waals surface area contributed by atoms with Gasteiger partial charge in [0, 0.05) is 18.8 Å². The van der Waals surface area contributed by atoms with Crippen LogP contribution in [0, 0.1) is 0 Å². The van der Waals surface area contributed by atoms with Gasteiger partial charge in [0.25, 0.3) is 0 Å². The van der Waals surface area contributed by atoms with Gasteiger partial charge in [0.05, 0.1) is 6.04 Å². The van der Waals surface area contributed by atoms with E-state index in [4.69, 9.17) is 0 Å². The average molecular weight is 268 g/mol. The van der Waals surface area contributed by atoms with E-state index in [1.807, 2.05) is 32.2 Å². The summed E-state index contributed by atoms with van der Waals surface area (Å²) in [5.41, 5.74) is 3.35. The van der Waals surface area contributed by atoms with Crippen molar-refractivity contribution in [2.45, 2.75) is 32.7 Å². The van der Waals surface area contributed by atoms with Crippen molar-refractivity contribution in [2.75, 3.05) is 0 Å². The SMILES string of the molecule is CCCC(=O)NC(C)c1ccc(-c2cccnc2)cc1. The van der Waals surface area contributed by atoms with Gasteiger partial charge in [-0.2, -0.15) is 0 Å². The normalized spacial score (nSPS) is 11.9. The van der Waals surface area contributed by atoms with Crippen LogP contribution in [0.4, 0.5) is 0 Å². The fourth-order valence-electron chi connectivity index (χ4n) is 2.12. The van der Waals surface area contributed by atoms with Crippen molar-refractivity contribution in [1.82, 2.24) is 10.3 Å². The summed E-state index contributed by atoms with van der Waals surface area (Å²) in [5, 5.41) is 3.01. The molecule has 2 aromatic rings. The predicted octanol–water partition coefficient (Wildman–Crippen LogP) is 3.73. The minimum absolute atomic E-state index is 0.0389. The minimum atomic E-state index is 0.0389. The molecule has 0 spiro atoms. The summed E-state index contributed by atoms with van der Waals surface area (Å²) >= 11 is 0. The molecule has 1 aromatic carbocycles. The van der Waals surface area contributed by atoms with E-state index in [9.17, 15) is 4.79 Å². The van der Waals surface area contributed by atoms with Crippen LogP contribution in [-0.4, -0.2) is 10.9 Å². The topological polar surface area (TPSA) is 42.0 Å². The standard InChI is InChI=1S/C17H20N2O/c1-3-5-17(20)19-13(2)14-7-9-15(10-8-14)16-6-4-11-18-12-16/h4,6-13H,3,5H2,1-2H3,(H,19,20). The molecule has 0 bridgehead atoms. The smallest absolute Gasteiger partial charge is 0.220 e. The quantitative estimate of drug-likeness (QED) is 0.897. The second kappa shape index (κ2) is 6.85. The molecule has 0 aliphatic heterocycles. The minimum Gasteiger partial charge on any atom is -0.350 e. The summed E-state index contributed by atoms with van der Waals surface area (Å²) in [4.78, 5) is 15.7. The summed E-state index contributed by atoms with van der Waals surface area (Å²) < 4.78 is 0. The molecule has 20 heavy (non-hydrogen) atoms. The maximum absolute atomic E-state index is 11.6. The van der Waals surface area contributed by atoms with Crippen LogP contribution in [0.5, 0.6) is 0 Å². The number of rotatable bonds is 5. The Hall–Kier alpha value is -2.16. The summed E-state index contributed by atoms with van der Waals surface area (Å²) in [6, 6.07) is 12.2. The fraction of sp³-hybridized carbons (Fsp3) is 0.294. The highest BCUT2D eigenvalue weighted by Crippen LogP contribution is 2.21. The summed E-state index contributed by atoms with van der Waals surface area (Å²) in [7, 11) is 0. The van der Waals surface area contributed by atoms with Crippen molar-refractivity contribution in [1.29, 1.82) is 0 Å². The summed E-state index contributed by atoms with van der Waals surface area (Å²) in [5.74, 6) is 0.108. The van der Waals surface area contributed by atoms with Gasteiger partial charge < -0.3 is 5.32 Å². The Morgan fingerprint density at radius 3 is 2.55 bits per heavy atom. The Bertz CT molecular complexity index is 549. The second-order valence-electron chi connectivity index (χ2n) is 4.90. The number of hydrogen-bond donors (Lipinski definition) is 1. The highest BCUT2D eigenvalue weighted by molar-refractivity contribution is 5.76. The average Bonchev–Trinajstić information content (AvgIpc) is 2.48. The van der Waals surface area contributed by atoms with Gasteiger partial charge in [-0.1, -0.05) is 37.3 Å². The van der Waals surface area contributed by atoms with Crippen LogP contribution in [0.1, 0.15) is 38.3 Å². The van der Waals surface area contributed by atoms with Gasteiger partial charge in [0.1, 0.15) is 0 Å². The zero-order valence-corrected chi connectivity index (χ0v) is 12.0. The number of amides is 1. The van der Waals surface area contributed by atoms with Crippen molar-refractivity contribution in [2.24, 2.45) is 0 Å². The maximum atomic E-state index is 11.6. The number of nitrogens with zero attached hydrogens (tertiary/aromatic N) is 1. The third-order valence-corrected chi connectivity index (χ3v) is 3.26. The lowest BCUT2D eigenvalue weighted by Gasteiger charge is -2.14. The third kappa shape index (κ3) is 3.67. The molecular formula is C17H20N2O. The molecule has 1 unspecified atom stereocenters. The molecular weight excluding hydrogens is 248 g/mol. The number of hydrogen-bond acceptors (Lipinski definition) is 2. The van der Waals surface area contributed by atoms with E-state index in [1.165, 1.54) is 0 Å². The number of benzene rings is 1. The van der Waals surface area contributed by atoms with E-state index in [1.54, 1.807) is 6.20 Å². The lowest BCUT2D eigenvalue weighted by Crippen LogP contribution is -2.26. The molecule has 1 heterocycles. The van der Waals surface area contributed by atoms with Crippen molar-refractivity contribution < 1.29 is 4.79 Å². The summed E-state index contributed by atoms with van der Waals surface area (Å²) in [6.45, 7) is 4.01. The van der Waals surface area contributed by atoms with Gasteiger partial charge in [-0.15, -0.1) is 0 Å². The molecule has 0 fully saturated rings. The number of carbonyl (C=O) groups is 1. The molecule has 0 aliphatic carbocycles. The highest BCUT2D eigenvalue weighted by atomic mass is 16.1. The van der Waals surface area contributed by atoms with Crippen molar-refractivity contribution in [3.05, 3.63) is 54.4 Å². The molecule has 0 radical (unpaired) electrons. The molecule has 0 saturated carbocycles. The van der Waals surface area contributed by atoms with E-state index in [2.05, 4.69) is 34.6 Å². The van der Waals surface area contributed by atoms with Crippen LogP contribution in [0.2, 0.25) is 0 Å². The fourth-order valence-corrected chi connectivity index (χ4v) is 2.12. The van der Waals surface area contributed by atoms with E-state index in [0.29, 0.717) is 6.42 Å². The van der Waals surface area contributed by atoms with Crippen molar-refractivity contribution >= 4 is 5.91 Å². The van der Waals surface area contributed by atoms with E-state index < -0.39 is 0 Å². The number of nitrogens with one attached hydrogen (secondary N) is 1. The first-order chi connectivity index (χ1) is 9.70. The Labute approximate surface area is 120 Å². The Balaban J connectivity index is 2.06. The van der Waals surface area contributed by atoms with E-state index in [-0.39, 0.29) is 11.9 Å². The number of pyridine rings is 1. The molecule has 2 rings (SSSR count). The number of carbonyl (C=O) groups excluding carboxylic acids is 1. The van der Waals surface area contributed by atoms with Crippen LogP contribution >= 0.6 is 0 Å². The van der Waals surface area contributed by atoms with E-state index in [0.717, 1.165) is 23.1 Å². The number of aromatic nitrogens is 1. The third-order valence-electron chi connectivity index (χ3n) is 3.26. The van der Waals surface area contributed by atoms with Crippen molar-refractivity contribution in [3.63, 3.8) is 0 Å².